The van der Waals surface area contributed by atoms with Crippen LogP contribution in [0.15, 0.2) is 41.3 Å². The first-order valence-electron chi connectivity index (χ1n) is 5.58. The number of aldehydes is 1. The second-order valence-electron chi connectivity index (χ2n) is 4.03. The van der Waals surface area contributed by atoms with Gasteiger partial charge in [-0.05, 0) is 24.3 Å². The maximum absolute atomic E-state index is 12.7. The van der Waals surface area contributed by atoms with Gasteiger partial charge < -0.3 is 4.89 Å². The van der Waals surface area contributed by atoms with Crippen molar-refractivity contribution in [2.24, 2.45) is 0 Å². The summed E-state index contributed by atoms with van der Waals surface area (Å²) in [5, 5.41) is 8.65. The first-order valence-corrected chi connectivity index (χ1v) is 5.58. The molecule has 2 aromatic rings. The molecule has 1 aromatic carbocycles. The molecule has 0 aliphatic rings. The highest BCUT2D eigenvalue weighted by atomic mass is 19.4. The zero-order valence-electron chi connectivity index (χ0n) is 10.3. The highest BCUT2D eigenvalue weighted by molar-refractivity contribution is 5.80. The van der Waals surface area contributed by atoms with Crippen LogP contribution >= 0.6 is 0 Å². The van der Waals surface area contributed by atoms with Crippen molar-refractivity contribution in [1.82, 2.24) is 4.57 Å². The third kappa shape index (κ3) is 2.79. The van der Waals surface area contributed by atoms with Crippen LogP contribution in [0.25, 0.3) is 5.69 Å². The molecule has 0 radical (unpaired) electrons. The number of aromatic nitrogens is 1. The summed E-state index contributed by atoms with van der Waals surface area (Å²) in [4.78, 5) is 26.5. The van der Waals surface area contributed by atoms with E-state index in [0.717, 1.165) is 22.9 Å². The standard InChI is InChI=1S/C13H8F3NO4/c14-13(15,16)10-2-1-5-17(12(10)19)9-4-3-8(7-18)11(6-9)21-20/h1-7,20H. The SMILES string of the molecule is O=Cc1ccc(-n2cccc(C(F)(F)F)c2=O)cc1OO. The molecule has 0 spiro atoms. The molecule has 0 saturated heterocycles. The number of halogens is 3. The maximum atomic E-state index is 12.7. The highest BCUT2D eigenvalue weighted by Crippen LogP contribution is 2.27. The van der Waals surface area contributed by atoms with Crippen LogP contribution in [-0.4, -0.2) is 16.1 Å². The van der Waals surface area contributed by atoms with Crippen molar-refractivity contribution in [3.8, 4) is 11.4 Å². The van der Waals surface area contributed by atoms with Crippen LogP contribution < -0.4 is 10.4 Å². The van der Waals surface area contributed by atoms with E-state index >= 15 is 0 Å². The molecule has 1 aromatic heterocycles. The second-order valence-corrected chi connectivity index (χ2v) is 4.03. The molecule has 0 aliphatic carbocycles. The summed E-state index contributed by atoms with van der Waals surface area (Å²) in [7, 11) is 0. The minimum absolute atomic E-state index is 0.0127. The molecule has 0 unspecified atom stereocenters. The van der Waals surface area contributed by atoms with Gasteiger partial charge in [0.2, 0.25) is 0 Å². The molecule has 110 valence electrons. The van der Waals surface area contributed by atoms with Crippen LogP contribution in [0.1, 0.15) is 15.9 Å². The Balaban J connectivity index is 2.63. The molecule has 0 amide bonds. The normalized spacial score (nSPS) is 11.2. The zero-order chi connectivity index (χ0) is 15.6. The van der Waals surface area contributed by atoms with Gasteiger partial charge in [0.1, 0.15) is 5.56 Å². The fourth-order valence-electron chi connectivity index (χ4n) is 1.76. The predicted molar refractivity (Wildman–Crippen MR) is 65.7 cm³/mol. The maximum Gasteiger partial charge on any atom is 0.421 e. The molecule has 0 atom stereocenters. The summed E-state index contributed by atoms with van der Waals surface area (Å²) in [5.74, 6) is -0.271. The number of alkyl halides is 3. The molecular formula is C13H8F3NO4. The Kier molecular flexibility index (Phi) is 3.81. The van der Waals surface area contributed by atoms with E-state index in [1.807, 2.05) is 0 Å². The molecular weight excluding hydrogens is 291 g/mol. The van der Waals surface area contributed by atoms with E-state index in [9.17, 15) is 22.8 Å². The monoisotopic (exact) mass is 299 g/mol. The molecule has 0 bridgehead atoms. The largest absolute Gasteiger partial charge is 0.421 e. The lowest BCUT2D eigenvalue weighted by Crippen LogP contribution is -2.26. The van der Waals surface area contributed by atoms with Crippen LogP contribution in [0.2, 0.25) is 0 Å². The smallest absolute Gasteiger partial charge is 0.339 e. The van der Waals surface area contributed by atoms with Gasteiger partial charge in [0.15, 0.2) is 12.0 Å². The summed E-state index contributed by atoms with van der Waals surface area (Å²) in [6.45, 7) is 0. The summed E-state index contributed by atoms with van der Waals surface area (Å²) in [6.07, 6.45) is -3.25. The van der Waals surface area contributed by atoms with E-state index in [-0.39, 0.29) is 17.0 Å². The van der Waals surface area contributed by atoms with Crippen LogP contribution in [0.3, 0.4) is 0 Å². The topological polar surface area (TPSA) is 68.5 Å². The number of pyridine rings is 1. The number of carbonyl (C=O) groups excluding carboxylic acids is 1. The molecule has 5 nitrogen and oxygen atoms in total. The minimum Gasteiger partial charge on any atom is -0.339 e. The zero-order valence-corrected chi connectivity index (χ0v) is 10.3. The molecule has 2 rings (SSSR count). The lowest BCUT2D eigenvalue weighted by Gasteiger charge is -2.11. The van der Waals surface area contributed by atoms with Crippen LogP contribution in [0, 0.1) is 0 Å². The Morgan fingerprint density at radius 1 is 1.24 bits per heavy atom. The summed E-state index contributed by atoms with van der Waals surface area (Å²) >= 11 is 0. The van der Waals surface area contributed by atoms with Gasteiger partial charge in [-0.2, -0.15) is 13.2 Å². The van der Waals surface area contributed by atoms with Gasteiger partial charge in [0, 0.05) is 12.3 Å². The second kappa shape index (κ2) is 5.41. The van der Waals surface area contributed by atoms with Crippen LogP contribution in [0.4, 0.5) is 13.2 Å². The van der Waals surface area contributed by atoms with Crippen molar-refractivity contribution in [1.29, 1.82) is 0 Å². The predicted octanol–water partition coefficient (Wildman–Crippen LogP) is 2.52. The lowest BCUT2D eigenvalue weighted by molar-refractivity contribution is -0.139. The lowest BCUT2D eigenvalue weighted by atomic mass is 10.2. The average molecular weight is 299 g/mol. The molecule has 8 heteroatoms. The van der Waals surface area contributed by atoms with E-state index in [4.69, 9.17) is 5.26 Å². The van der Waals surface area contributed by atoms with Crippen molar-refractivity contribution in [3.63, 3.8) is 0 Å². The van der Waals surface area contributed by atoms with E-state index < -0.39 is 17.3 Å². The minimum atomic E-state index is -4.78. The molecule has 1 heterocycles. The molecule has 1 N–H and O–H groups in total. The number of nitrogens with zero attached hydrogens (tertiary/aromatic N) is 1. The number of rotatable bonds is 3. The first-order chi connectivity index (χ1) is 9.88. The van der Waals surface area contributed by atoms with Crippen molar-refractivity contribution in [2.45, 2.75) is 6.18 Å². The molecule has 0 fully saturated rings. The van der Waals surface area contributed by atoms with Crippen molar-refractivity contribution < 1.29 is 28.1 Å². The molecule has 0 aliphatic heterocycles. The number of carbonyl (C=O) groups is 1. The molecule has 0 saturated carbocycles. The van der Waals surface area contributed by atoms with Gasteiger partial charge >= 0.3 is 6.18 Å². The fourth-order valence-corrected chi connectivity index (χ4v) is 1.76. The third-order valence-corrected chi connectivity index (χ3v) is 2.75. The average Bonchev–Trinajstić information content (AvgIpc) is 2.45. The van der Waals surface area contributed by atoms with Gasteiger partial charge in [0.05, 0.1) is 11.3 Å². The fraction of sp³-hybridized carbons (Fsp3) is 0.0769. The number of hydrogen-bond donors (Lipinski definition) is 1. The van der Waals surface area contributed by atoms with Crippen molar-refractivity contribution in [2.75, 3.05) is 0 Å². The summed E-state index contributed by atoms with van der Waals surface area (Å²) < 4.78 is 38.8. The van der Waals surface area contributed by atoms with Crippen molar-refractivity contribution in [3.05, 3.63) is 58.0 Å². The Labute approximate surface area is 115 Å². The van der Waals surface area contributed by atoms with Gasteiger partial charge in [-0.25, -0.2) is 5.26 Å². The number of benzene rings is 1. The van der Waals surface area contributed by atoms with Gasteiger partial charge in [-0.3, -0.25) is 14.2 Å². The van der Waals surface area contributed by atoms with Gasteiger partial charge in [-0.15, -0.1) is 0 Å². The quantitative estimate of drug-likeness (QED) is 0.537. The molecule has 21 heavy (non-hydrogen) atoms. The Morgan fingerprint density at radius 3 is 2.52 bits per heavy atom. The van der Waals surface area contributed by atoms with Gasteiger partial charge in [0.25, 0.3) is 5.56 Å². The van der Waals surface area contributed by atoms with E-state index in [1.165, 1.54) is 12.1 Å². The third-order valence-electron chi connectivity index (χ3n) is 2.75. The Morgan fingerprint density at radius 2 is 1.95 bits per heavy atom. The first kappa shape index (κ1) is 14.8. The van der Waals surface area contributed by atoms with E-state index in [1.54, 1.807) is 0 Å². The van der Waals surface area contributed by atoms with Crippen LogP contribution in [-0.2, 0) is 6.18 Å². The Hall–Kier alpha value is -2.61. The number of hydrogen-bond acceptors (Lipinski definition) is 4. The highest BCUT2D eigenvalue weighted by Gasteiger charge is 2.34. The van der Waals surface area contributed by atoms with Gasteiger partial charge in [-0.1, -0.05) is 0 Å². The Bertz CT molecular complexity index is 737. The van der Waals surface area contributed by atoms with Crippen LogP contribution in [0.5, 0.6) is 5.75 Å². The summed E-state index contributed by atoms with van der Waals surface area (Å²) in [6, 6.07) is 5.28. The van der Waals surface area contributed by atoms with E-state index in [0.29, 0.717) is 12.4 Å². The summed E-state index contributed by atoms with van der Waals surface area (Å²) in [5.41, 5.74) is -2.59. The van der Waals surface area contributed by atoms with Crippen molar-refractivity contribution >= 4 is 6.29 Å². The van der Waals surface area contributed by atoms with E-state index in [2.05, 4.69) is 4.89 Å².